The zero-order valence-electron chi connectivity index (χ0n) is 13.2. The third-order valence-corrected chi connectivity index (χ3v) is 4.18. The zero-order chi connectivity index (χ0) is 17.4. The van der Waals surface area contributed by atoms with Crippen molar-refractivity contribution in [3.63, 3.8) is 0 Å². The quantitative estimate of drug-likeness (QED) is 0.596. The summed E-state index contributed by atoms with van der Waals surface area (Å²) >= 11 is 6.20. The maximum atomic E-state index is 14.2. The number of benzene rings is 1. The average Bonchev–Trinajstić information content (AvgIpc) is 3.05. The number of hydrogen-bond acceptors (Lipinski definition) is 4. The van der Waals surface area contributed by atoms with E-state index in [-0.39, 0.29) is 5.82 Å². The SMILES string of the molecule is CNc1ccc(F)c(-n2cc3cc(-c4ncccc4Cl)cnc3n2)c1. The Labute approximate surface area is 148 Å². The standard InChI is InChI=1S/C18H13ClFN5/c1-21-13-4-5-15(20)16(8-13)25-10-12-7-11(9-23-18(12)24-25)17-14(19)3-2-6-22-17/h2-10,21H,1H3. The Bertz CT molecular complexity index is 1080. The molecule has 3 aromatic heterocycles. The number of nitrogens with zero attached hydrogens (tertiary/aromatic N) is 4. The van der Waals surface area contributed by atoms with Crippen molar-refractivity contribution in [2.24, 2.45) is 0 Å². The first kappa shape index (κ1) is 15.5. The molecule has 0 saturated heterocycles. The van der Waals surface area contributed by atoms with Crippen molar-refractivity contribution in [3.8, 4) is 16.9 Å². The molecule has 0 spiro atoms. The van der Waals surface area contributed by atoms with E-state index in [2.05, 4.69) is 20.4 Å². The molecule has 0 atom stereocenters. The van der Waals surface area contributed by atoms with E-state index in [1.807, 2.05) is 6.07 Å². The van der Waals surface area contributed by atoms with Gasteiger partial charge in [-0.15, -0.1) is 5.10 Å². The van der Waals surface area contributed by atoms with Crippen molar-refractivity contribution in [1.82, 2.24) is 19.7 Å². The van der Waals surface area contributed by atoms with Crippen LogP contribution in [0.3, 0.4) is 0 Å². The fraction of sp³-hybridized carbons (Fsp3) is 0.0556. The minimum atomic E-state index is -0.361. The highest BCUT2D eigenvalue weighted by molar-refractivity contribution is 6.33. The van der Waals surface area contributed by atoms with Crippen LogP contribution in [0.25, 0.3) is 28.0 Å². The van der Waals surface area contributed by atoms with Gasteiger partial charge >= 0.3 is 0 Å². The van der Waals surface area contributed by atoms with Gasteiger partial charge in [-0.1, -0.05) is 11.6 Å². The molecule has 0 amide bonds. The summed E-state index contributed by atoms with van der Waals surface area (Å²) in [6.07, 6.45) is 5.07. The normalized spacial score (nSPS) is 11.0. The minimum Gasteiger partial charge on any atom is -0.388 e. The number of rotatable bonds is 3. The van der Waals surface area contributed by atoms with E-state index in [1.165, 1.54) is 10.7 Å². The number of nitrogens with one attached hydrogen (secondary N) is 1. The summed E-state index contributed by atoms with van der Waals surface area (Å²) in [4.78, 5) is 8.64. The van der Waals surface area contributed by atoms with E-state index in [0.717, 1.165) is 16.6 Å². The van der Waals surface area contributed by atoms with Crippen LogP contribution in [0.4, 0.5) is 10.1 Å². The molecule has 0 aliphatic carbocycles. The Morgan fingerprint density at radius 3 is 2.84 bits per heavy atom. The Hall–Kier alpha value is -2.99. The van der Waals surface area contributed by atoms with Gasteiger partial charge < -0.3 is 5.32 Å². The molecule has 0 bridgehead atoms. The molecule has 4 aromatic rings. The van der Waals surface area contributed by atoms with Crippen LogP contribution >= 0.6 is 11.6 Å². The van der Waals surface area contributed by atoms with Gasteiger partial charge in [-0.3, -0.25) is 4.98 Å². The molecule has 7 heteroatoms. The summed E-state index contributed by atoms with van der Waals surface area (Å²) in [6.45, 7) is 0. The Kier molecular flexibility index (Phi) is 3.82. The summed E-state index contributed by atoms with van der Waals surface area (Å²) in [5.74, 6) is -0.361. The molecule has 0 aliphatic rings. The second-order valence-corrected chi connectivity index (χ2v) is 5.87. The Morgan fingerprint density at radius 2 is 2.04 bits per heavy atom. The summed E-state index contributed by atoms with van der Waals surface area (Å²) in [7, 11) is 1.78. The molecule has 3 heterocycles. The van der Waals surface area contributed by atoms with Gasteiger partial charge in [-0.2, -0.15) is 0 Å². The van der Waals surface area contributed by atoms with Crippen LogP contribution in [0.1, 0.15) is 0 Å². The lowest BCUT2D eigenvalue weighted by molar-refractivity contribution is 0.611. The first-order valence-corrected chi connectivity index (χ1v) is 7.97. The number of hydrogen-bond donors (Lipinski definition) is 1. The lowest BCUT2D eigenvalue weighted by atomic mass is 10.1. The third kappa shape index (κ3) is 2.81. The van der Waals surface area contributed by atoms with Crippen LogP contribution in [0.15, 0.2) is 55.0 Å². The molecule has 1 N–H and O–H groups in total. The van der Waals surface area contributed by atoms with E-state index >= 15 is 0 Å². The molecule has 25 heavy (non-hydrogen) atoms. The van der Waals surface area contributed by atoms with Gasteiger partial charge in [0.15, 0.2) is 5.65 Å². The predicted molar refractivity (Wildman–Crippen MR) is 96.6 cm³/mol. The molecule has 0 saturated carbocycles. The summed E-state index contributed by atoms with van der Waals surface area (Å²) < 4.78 is 15.7. The number of aromatic nitrogens is 4. The highest BCUT2D eigenvalue weighted by atomic mass is 35.5. The van der Waals surface area contributed by atoms with Gasteiger partial charge in [0.05, 0.1) is 10.7 Å². The molecule has 4 rings (SSSR count). The van der Waals surface area contributed by atoms with E-state index in [0.29, 0.717) is 22.1 Å². The molecule has 124 valence electrons. The van der Waals surface area contributed by atoms with Gasteiger partial charge in [0.25, 0.3) is 0 Å². The third-order valence-electron chi connectivity index (χ3n) is 3.87. The van der Waals surface area contributed by atoms with Gasteiger partial charge in [-0.25, -0.2) is 14.1 Å². The molecular weight excluding hydrogens is 341 g/mol. The van der Waals surface area contributed by atoms with Crippen LogP contribution in [-0.4, -0.2) is 26.8 Å². The van der Waals surface area contributed by atoms with Crippen LogP contribution in [0.5, 0.6) is 0 Å². The van der Waals surface area contributed by atoms with Gasteiger partial charge in [0.2, 0.25) is 0 Å². The zero-order valence-corrected chi connectivity index (χ0v) is 14.0. The highest BCUT2D eigenvalue weighted by Crippen LogP contribution is 2.27. The van der Waals surface area contributed by atoms with Gasteiger partial charge in [-0.05, 0) is 36.4 Å². The molecule has 1 aromatic carbocycles. The van der Waals surface area contributed by atoms with Gasteiger partial charge in [0, 0.05) is 42.3 Å². The lowest BCUT2D eigenvalue weighted by Crippen LogP contribution is -2.00. The summed E-state index contributed by atoms with van der Waals surface area (Å²) in [5, 5.41) is 8.67. The number of halogens is 2. The van der Waals surface area contributed by atoms with E-state index < -0.39 is 0 Å². The Morgan fingerprint density at radius 1 is 1.16 bits per heavy atom. The van der Waals surface area contributed by atoms with Crippen molar-refractivity contribution in [2.45, 2.75) is 0 Å². The number of pyridine rings is 2. The maximum Gasteiger partial charge on any atom is 0.181 e. The van der Waals surface area contributed by atoms with Crippen LogP contribution < -0.4 is 5.32 Å². The first-order chi connectivity index (χ1) is 12.2. The minimum absolute atomic E-state index is 0.349. The number of anilines is 1. The van der Waals surface area contributed by atoms with Crippen molar-refractivity contribution in [2.75, 3.05) is 12.4 Å². The van der Waals surface area contributed by atoms with Gasteiger partial charge in [0.1, 0.15) is 11.5 Å². The molecule has 0 aliphatic heterocycles. The van der Waals surface area contributed by atoms with Crippen molar-refractivity contribution < 1.29 is 4.39 Å². The molecular formula is C18H13ClFN5. The summed E-state index contributed by atoms with van der Waals surface area (Å²) in [6, 6.07) is 10.2. The van der Waals surface area contributed by atoms with E-state index in [4.69, 9.17) is 11.6 Å². The lowest BCUT2D eigenvalue weighted by Gasteiger charge is -2.05. The average molecular weight is 354 g/mol. The summed E-state index contributed by atoms with van der Waals surface area (Å²) in [5.41, 5.74) is 3.09. The Balaban J connectivity index is 1.83. The van der Waals surface area contributed by atoms with Crippen LogP contribution in [0.2, 0.25) is 5.02 Å². The topological polar surface area (TPSA) is 55.6 Å². The van der Waals surface area contributed by atoms with Crippen LogP contribution in [0, 0.1) is 5.82 Å². The highest BCUT2D eigenvalue weighted by Gasteiger charge is 2.12. The van der Waals surface area contributed by atoms with E-state index in [1.54, 1.807) is 49.9 Å². The molecule has 0 unspecified atom stereocenters. The smallest absolute Gasteiger partial charge is 0.181 e. The molecule has 5 nitrogen and oxygen atoms in total. The van der Waals surface area contributed by atoms with E-state index in [9.17, 15) is 4.39 Å². The molecule has 0 fully saturated rings. The fourth-order valence-electron chi connectivity index (χ4n) is 2.61. The first-order valence-electron chi connectivity index (χ1n) is 7.60. The van der Waals surface area contributed by atoms with Crippen molar-refractivity contribution >= 4 is 28.3 Å². The largest absolute Gasteiger partial charge is 0.388 e. The fourth-order valence-corrected chi connectivity index (χ4v) is 2.84. The van der Waals surface area contributed by atoms with Crippen molar-refractivity contribution in [1.29, 1.82) is 0 Å². The maximum absolute atomic E-state index is 14.2. The number of fused-ring (bicyclic) bond motifs is 1. The predicted octanol–water partition coefficient (Wildman–Crippen LogP) is 4.32. The molecule has 0 radical (unpaired) electrons. The monoisotopic (exact) mass is 353 g/mol. The second kappa shape index (κ2) is 6.14. The van der Waals surface area contributed by atoms with Crippen LogP contribution in [-0.2, 0) is 0 Å². The second-order valence-electron chi connectivity index (χ2n) is 5.46. The van der Waals surface area contributed by atoms with Crippen molar-refractivity contribution in [3.05, 3.63) is 65.8 Å².